The first-order valence-corrected chi connectivity index (χ1v) is 6.67. The molecule has 1 amide bonds. The standard InChI is InChI=1S/C16H14ClFN2O/c1-20(12-6-3-2-4-7-12)19-16(21)11-10-13-14(17)8-5-9-15(13)18/h2-11H,1H3,(H,19,21)/b11-10+. The molecule has 0 unspecified atom stereocenters. The van der Waals surface area contributed by atoms with Gasteiger partial charge in [0.2, 0.25) is 0 Å². The number of hydrazine groups is 1. The van der Waals surface area contributed by atoms with E-state index in [0.29, 0.717) is 0 Å². The van der Waals surface area contributed by atoms with E-state index < -0.39 is 5.82 Å². The van der Waals surface area contributed by atoms with Crippen LogP contribution in [-0.4, -0.2) is 13.0 Å². The molecule has 0 bridgehead atoms. The molecule has 2 aromatic rings. The zero-order valence-electron chi connectivity index (χ0n) is 11.4. The van der Waals surface area contributed by atoms with Crippen LogP contribution in [0.4, 0.5) is 10.1 Å². The number of rotatable bonds is 4. The molecule has 0 aliphatic rings. The fourth-order valence-electron chi connectivity index (χ4n) is 1.75. The first-order chi connectivity index (χ1) is 10.1. The summed E-state index contributed by atoms with van der Waals surface area (Å²) in [5, 5.41) is 1.84. The summed E-state index contributed by atoms with van der Waals surface area (Å²) in [6, 6.07) is 13.7. The van der Waals surface area contributed by atoms with E-state index in [0.717, 1.165) is 5.69 Å². The SMILES string of the molecule is CN(NC(=O)/C=C/c1c(F)cccc1Cl)c1ccccc1. The molecule has 0 fully saturated rings. The van der Waals surface area contributed by atoms with Gasteiger partial charge >= 0.3 is 0 Å². The van der Waals surface area contributed by atoms with Crippen molar-refractivity contribution < 1.29 is 9.18 Å². The third kappa shape index (κ3) is 4.07. The summed E-state index contributed by atoms with van der Waals surface area (Å²) >= 11 is 5.88. The van der Waals surface area contributed by atoms with Crippen molar-refractivity contribution >= 4 is 29.3 Å². The highest BCUT2D eigenvalue weighted by Crippen LogP contribution is 2.20. The molecule has 0 aromatic heterocycles. The van der Waals surface area contributed by atoms with Crippen LogP contribution in [-0.2, 0) is 4.79 Å². The number of halogens is 2. The Balaban J connectivity index is 2.03. The zero-order valence-corrected chi connectivity index (χ0v) is 12.1. The van der Waals surface area contributed by atoms with E-state index in [1.54, 1.807) is 18.1 Å². The number of amides is 1. The summed E-state index contributed by atoms with van der Waals surface area (Å²) in [6.07, 6.45) is 2.59. The van der Waals surface area contributed by atoms with Crippen molar-refractivity contribution in [2.75, 3.05) is 12.1 Å². The van der Waals surface area contributed by atoms with Crippen LogP contribution in [0.1, 0.15) is 5.56 Å². The first-order valence-electron chi connectivity index (χ1n) is 6.29. The third-order valence-electron chi connectivity index (χ3n) is 2.82. The molecule has 108 valence electrons. The van der Waals surface area contributed by atoms with Gasteiger partial charge in [0.05, 0.1) is 10.7 Å². The van der Waals surface area contributed by atoms with Gasteiger partial charge in [0.15, 0.2) is 0 Å². The lowest BCUT2D eigenvalue weighted by molar-refractivity contribution is -0.116. The number of hydrogen-bond donors (Lipinski definition) is 1. The van der Waals surface area contributed by atoms with Crippen molar-refractivity contribution in [3.05, 3.63) is 71.0 Å². The minimum atomic E-state index is -0.469. The molecule has 2 rings (SSSR count). The van der Waals surface area contributed by atoms with Gasteiger partial charge in [-0.1, -0.05) is 35.9 Å². The molecule has 21 heavy (non-hydrogen) atoms. The van der Waals surface area contributed by atoms with Crippen molar-refractivity contribution in [3.63, 3.8) is 0 Å². The van der Waals surface area contributed by atoms with Gasteiger partial charge in [-0.2, -0.15) is 0 Å². The van der Waals surface area contributed by atoms with E-state index in [9.17, 15) is 9.18 Å². The van der Waals surface area contributed by atoms with Crippen LogP contribution >= 0.6 is 11.6 Å². The maximum atomic E-state index is 13.6. The molecule has 2 aromatic carbocycles. The predicted octanol–water partition coefficient (Wildman–Crippen LogP) is 3.66. The smallest absolute Gasteiger partial charge is 0.262 e. The lowest BCUT2D eigenvalue weighted by Gasteiger charge is -2.19. The van der Waals surface area contributed by atoms with Crippen LogP contribution < -0.4 is 10.4 Å². The van der Waals surface area contributed by atoms with E-state index in [-0.39, 0.29) is 16.5 Å². The molecule has 0 atom stereocenters. The monoisotopic (exact) mass is 304 g/mol. The van der Waals surface area contributed by atoms with Gasteiger partial charge in [0.1, 0.15) is 5.82 Å². The molecule has 3 nitrogen and oxygen atoms in total. The molecule has 5 heteroatoms. The number of benzene rings is 2. The number of nitrogens with one attached hydrogen (secondary N) is 1. The van der Waals surface area contributed by atoms with Crippen molar-refractivity contribution in [3.8, 4) is 0 Å². The van der Waals surface area contributed by atoms with Crippen LogP contribution in [0.2, 0.25) is 5.02 Å². The minimum absolute atomic E-state index is 0.191. The van der Waals surface area contributed by atoms with E-state index in [1.165, 1.54) is 24.3 Å². The molecule has 0 saturated carbocycles. The number of para-hydroxylation sites is 1. The maximum absolute atomic E-state index is 13.6. The Morgan fingerprint density at radius 3 is 2.57 bits per heavy atom. The Morgan fingerprint density at radius 2 is 1.90 bits per heavy atom. The first kappa shape index (κ1) is 15.1. The van der Waals surface area contributed by atoms with Crippen LogP contribution in [0.5, 0.6) is 0 Å². The lowest BCUT2D eigenvalue weighted by Crippen LogP contribution is -2.38. The van der Waals surface area contributed by atoms with Crippen LogP contribution in [0.25, 0.3) is 6.08 Å². The topological polar surface area (TPSA) is 32.3 Å². The quantitative estimate of drug-likeness (QED) is 0.690. The Kier molecular flexibility index (Phi) is 4.95. The second kappa shape index (κ2) is 6.90. The molecular formula is C16H14ClFN2O. The molecule has 0 saturated heterocycles. The molecule has 0 heterocycles. The van der Waals surface area contributed by atoms with Gasteiger partial charge in [0, 0.05) is 18.7 Å². The largest absolute Gasteiger partial charge is 0.288 e. The minimum Gasteiger partial charge on any atom is -0.288 e. The molecule has 0 aliphatic heterocycles. The number of hydrogen-bond acceptors (Lipinski definition) is 2. The van der Waals surface area contributed by atoms with E-state index in [4.69, 9.17) is 11.6 Å². The Bertz CT molecular complexity index is 638. The Hall–Kier alpha value is -2.33. The van der Waals surface area contributed by atoms with Gasteiger partial charge in [-0.25, -0.2) is 4.39 Å². The summed E-state index contributed by atoms with van der Waals surface area (Å²) in [6.45, 7) is 0. The zero-order chi connectivity index (χ0) is 15.2. The third-order valence-corrected chi connectivity index (χ3v) is 3.15. The fourth-order valence-corrected chi connectivity index (χ4v) is 1.97. The number of nitrogens with zero attached hydrogens (tertiary/aromatic N) is 1. The van der Waals surface area contributed by atoms with Gasteiger partial charge in [-0.05, 0) is 30.3 Å². The normalized spacial score (nSPS) is 10.6. The summed E-state index contributed by atoms with van der Waals surface area (Å²) in [4.78, 5) is 11.8. The predicted molar refractivity (Wildman–Crippen MR) is 83.4 cm³/mol. The summed E-state index contributed by atoms with van der Waals surface area (Å²) < 4.78 is 13.6. The summed E-state index contributed by atoms with van der Waals surface area (Å²) in [5.74, 6) is -0.844. The number of carbonyl (C=O) groups is 1. The number of carbonyl (C=O) groups excluding carboxylic acids is 1. The average molecular weight is 305 g/mol. The summed E-state index contributed by atoms with van der Waals surface area (Å²) in [5.41, 5.74) is 3.68. The Labute approximate surface area is 127 Å². The van der Waals surface area contributed by atoms with Crippen molar-refractivity contribution in [2.45, 2.75) is 0 Å². The van der Waals surface area contributed by atoms with Crippen molar-refractivity contribution in [1.29, 1.82) is 0 Å². The van der Waals surface area contributed by atoms with Gasteiger partial charge in [0.25, 0.3) is 5.91 Å². The van der Waals surface area contributed by atoms with E-state index in [1.807, 2.05) is 30.3 Å². The van der Waals surface area contributed by atoms with E-state index >= 15 is 0 Å². The lowest BCUT2D eigenvalue weighted by atomic mass is 10.2. The summed E-state index contributed by atoms with van der Waals surface area (Å²) in [7, 11) is 1.72. The molecule has 0 spiro atoms. The average Bonchev–Trinajstić information content (AvgIpc) is 2.47. The van der Waals surface area contributed by atoms with E-state index in [2.05, 4.69) is 5.43 Å². The number of anilines is 1. The van der Waals surface area contributed by atoms with Crippen molar-refractivity contribution in [1.82, 2.24) is 5.43 Å². The molecular weight excluding hydrogens is 291 g/mol. The molecule has 0 radical (unpaired) electrons. The second-order valence-electron chi connectivity index (χ2n) is 4.34. The van der Waals surface area contributed by atoms with Crippen molar-refractivity contribution in [2.24, 2.45) is 0 Å². The van der Waals surface area contributed by atoms with Gasteiger partial charge in [-0.15, -0.1) is 0 Å². The van der Waals surface area contributed by atoms with Crippen LogP contribution in [0.3, 0.4) is 0 Å². The highest BCUT2D eigenvalue weighted by atomic mass is 35.5. The highest BCUT2D eigenvalue weighted by Gasteiger charge is 2.05. The van der Waals surface area contributed by atoms with Crippen LogP contribution in [0.15, 0.2) is 54.6 Å². The fraction of sp³-hybridized carbons (Fsp3) is 0.0625. The van der Waals surface area contributed by atoms with Gasteiger partial charge < -0.3 is 0 Å². The second-order valence-corrected chi connectivity index (χ2v) is 4.75. The highest BCUT2D eigenvalue weighted by molar-refractivity contribution is 6.32. The molecule has 1 N–H and O–H groups in total. The molecule has 0 aliphatic carbocycles. The van der Waals surface area contributed by atoms with Gasteiger partial charge in [-0.3, -0.25) is 15.2 Å². The maximum Gasteiger partial charge on any atom is 0.262 e. The Morgan fingerprint density at radius 1 is 1.19 bits per heavy atom. The van der Waals surface area contributed by atoms with Crippen LogP contribution in [0, 0.1) is 5.82 Å².